The van der Waals surface area contributed by atoms with Gasteiger partial charge in [-0.3, -0.25) is 14.4 Å². The van der Waals surface area contributed by atoms with Gasteiger partial charge < -0.3 is 0 Å². The SMILES string of the molecule is N=[N+]=c1c(=O)ccc2c(=O)c3ccccc3c(=O)c1=2. The third-order valence-electron chi connectivity index (χ3n) is 3.14. The molecule has 90 valence electrons. The van der Waals surface area contributed by atoms with Gasteiger partial charge in [0, 0.05) is 16.0 Å². The van der Waals surface area contributed by atoms with E-state index in [9.17, 15) is 14.4 Å². The van der Waals surface area contributed by atoms with Crippen molar-refractivity contribution in [3.63, 3.8) is 0 Å². The van der Waals surface area contributed by atoms with Crippen LogP contribution in [-0.4, -0.2) is 4.79 Å². The third kappa shape index (κ3) is 1.39. The molecule has 0 heterocycles. The fourth-order valence-corrected chi connectivity index (χ4v) is 2.26. The maximum absolute atomic E-state index is 12.4. The van der Waals surface area contributed by atoms with E-state index in [1.807, 2.05) is 0 Å². The molecule has 2 aliphatic carbocycles. The predicted molar refractivity (Wildman–Crippen MR) is 66.5 cm³/mol. The third-order valence-corrected chi connectivity index (χ3v) is 3.14. The quantitative estimate of drug-likeness (QED) is 0.438. The van der Waals surface area contributed by atoms with E-state index in [-0.39, 0.29) is 26.6 Å². The van der Waals surface area contributed by atoms with E-state index >= 15 is 0 Å². The maximum Gasteiger partial charge on any atom is 0.423 e. The van der Waals surface area contributed by atoms with Crippen molar-refractivity contribution >= 4 is 10.8 Å². The Morgan fingerprint density at radius 3 is 2.11 bits per heavy atom. The molecule has 0 spiro atoms. The van der Waals surface area contributed by atoms with Crippen LogP contribution in [0.15, 0.2) is 50.8 Å². The highest BCUT2D eigenvalue weighted by atomic mass is 16.1. The highest BCUT2D eigenvalue weighted by Crippen LogP contribution is 2.04. The molecule has 2 aliphatic rings. The molecule has 3 rings (SSSR count). The van der Waals surface area contributed by atoms with Gasteiger partial charge in [0.15, 0.2) is 5.43 Å². The molecule has 0 radical (unpaired) electrons. The molecular weight excluding hydrogens is 244 g/mol. The summed E-state index contributed by atoms with van der Waals surface area (Å²) in [6.45, 7) is 0. The molecule has 0 atom stereocenters. The topological polar surface area (TPSA) is 89.2 Å². The first-order valence-corrected chi connectivity index (χ1v) is 5.55. The minimum atomic E-state index is -0.533. The summed E-state index contributed by atoms with van der Waals surface area (Å²) in [6, 6.07) is 8.90. The molecule has 5 nitrogen and oxygen atoms in total. The zero-order valence-electron chi connectivity index (χ0n) is 9.64. The molecule has 19 heavy (non-hydrogen) atoms. The highest BCUT2D eigenvalue weighted by Gasteiger charge is 2.14. The summed E-state index contributed by atoms with van der Waals surface area (Å²) in [7, 11) is 0. The van der Waals surface area contributed by atoms with Gasteiger partial charge in [0.25, 0.3) is 5.43 Å². The van der Waals surface area contributed by atoms with Gasteiger partial charge in [0.2, 0.25) is 5.43 Å². The Hall–Kier alpha value is -2.91. The number of hydrogen-bond acceptors (Lipinski definition) is 4. The van der Waals surface area contributed by atoms with Gasteiger partial charge in [0.05, 0.1) is 10.3 Å². The van der Waals surface area contributed by atoms with Crippen LogP contribution in [0.1, 0.15) is 0 Å². The van der Waals surface area contributed by atoms with Gasteiger partial charge in [-0.15, -0.1) is 0 Å². The van der Waals surface area contributed by atoms with Crippen LogP contribution in [0, 0.1) is 16.0 Å². The van der Waals surface area contributed by atoms with Crippen molar-refractivity contribution in [2.24, 2.45) is 0 Å². The van der Waals surface area contributed by atoms with E-state index in [0.717, 1.165) is 6.07 Å². The predicted octanol–water partition coefficient (Wildman–Crippen LogP) is -0.339. The Morgan fingerprint density at radius 1 is 0.842 bits per heavy atom. The highest BCUT2D eigenvalue weighted by molar-refractivity contribution is 5.82. The summed E-state index contributed by atoms with van der Waals surface area (Å²) < 4.78 is 0. The average molecular weight is 251 g/mol. The van der Waals surface area contributed by atoms with Crippen LogP contribution < -0.4 is 21.6 Å². The van der Waals surface area contributed by atoms with Crippen molar-refractivity contribution in [1.29, 1.82) is 5.53 Å². The van der Waals surface area contributed by atoms with Gasteiger partial charge in [-0.25, -0.2) is 0 Å². The van der Waals surface area contributed by atoms with Gasteiger partial charge in [-0.05, 0) is 12.1 Å². The van der Waals surface area contributed by atoms with Gasteiger partial charge in [0.1, 0.15) is 5.22 Å². The summed E-state index contributed by atoms with van der Waals surface area (Å²) in [4.78, 5) is 39.3. The second-order valence-corrected chi connectivity index (χ2v) is 4.15. The molecule has 0 fully saturated rings. The number of fused-ring (bicyclic) bond motifs is 1. The van der Waals surface area contributed by atoms with Gasteiger partial charge >= 0.3 is 5.36 Å². The minimum absolute atomic E-state index is 0.0637. The molecule has 0 aromatic heterocycles. The monoisotopic (exact) mass is 251 g/mol. The summed E-state index contributed by atoms with van der Waals surface area (Å²) in [6.07, 6.45) is 0. The Morgan fingerprint density at radius 2 is 1.47 bits per heavy atom. The van der Waals surface area contributed by atoms with Crippen LogP contribution in [0.3, 0.4) is 0 Å². The summed E-state index contributed by atoms with van der Waals surface area (Å²) in [5.74, 6) is 0. The lowest BCUT2D eigenvalue weighted by atomic mass is 10.0. The summed E-state index contributed by atoms with van der Waals surface area (Å²) in [5.41, 5.74) is 5.73. The minimum Gasteiger partial charge on any atom is -0.289 e. The Balaban J connectivity index is 3.01. The average Bonchev–Trinajstić information content (AvgIpc) is 2.44. The molecule has 1 N–H and O–H groups in total. The van der Waals surface area contributed by atoms with E-state index < -0.39 is 10.9 Å². The number of nitrogens with one attached hydrogen (secondary N) is 1. The van der Waals surface area contributed by atoms with Crippen LogP contribution in [0.5, 0.6) is 0 Å². The fourth-order valence-electron chi connectivity index (χ4n) is 2.26. The maximum atomic E-state index is 12.4. The molecule has 0 aliphatic heterocycles. The van der Waals surface area contributed by atoms with Gasteiger partial charge in [-0.1, -0.05) is 24.3 Å². The van der Waals surface area contributed by atoms with E-state index in [1.54, 1.807) is 18.2 Å². The van der Waals surface area contributed by atoms with Crippen LogP contribution >= 0.6 is 0 Å². The number of rotatable bonds is 0. The Bertz CT molecular complexity index is 1120. The summed E-state index contributed by atoms with van der Waals surface area (Å²) in [5, 5.41) is 0.357. The lowest BCUT2D eigenvalue weighted by Gasteiger charge is -1.94. The lowest BCUT2D eigenvalue weighted by molar-refractivity contribution is -0.173. The van der Waals surface area contributed by atoms with Crippen molar-refractivity contribution < 1.29 is 4.79 Å². The molecule has 0 saturated heterocycles. The largest absolute Gasteiger partial charge is 0.423 e. The van der Waals surface area contributed by atoms with E-state index in [4.69, 9.17) is 5.53 Å². The van der Waals surface area contributed by atoms with Crippen molar-refractivity contribution in [3.05, 3.63) is 82.9 Å². The second-order valence-electron chi connectivity index (χ2n) is 4.15. The first-order chi connectivity index (χ1) is 9.15. The second kappa shape index (κ2) is 3.80. The smallest absolute Gasteiger partial charge is 0.289 e. The molecule has 5 heteroatoms. The van der Waals surface area contributed by atoms with Crippen LogP contribution in [0.2, 0.25) is 0 Å². The molecule has 0 unspecified atom stereocenters. The van der Waals surface area contributed by atoms with Crippen LogP contribution in [0.25, 0.3) is 10.8 Å². The van der Waals surface area contributed by atoms with Gasteiger partial charge in [-0.2, -0.15) is 0 Å². The molecular formula is C14H7N2O3+. The van der Waals surface area contributed by atoms with Crippen LogP contribution in [0.4, 0.5) is 0 Å². The zero-order valence-corrected chi connectivity index (χ0v) is 9.64. The van der Waals surface area contributed by atoms with E-state index in [1.165, 1.54) is 12.1 Å². The fraction of sp³-hybridized carbons (Fsp3) is 0. The van der Waals surface area contributed by atoms with Crippen molar-refractivity contribution in [3.8, 4) is 0 Å². The number of hydrogen-bond donors (Lipinski definition) is 1. The van der Waals surface area contributed by atoms with Crippen molar-refractivity contribution in [1.82, 2.24) is 0 Å². The van der Waals surface area contributed by atoms with Crippen LogP contribution in [-0.2, 0) is 0 Å². The van der Waals surface area contributed by atoms with E-state index in [0.29, 0.717) is 5.39 Å². The molecule has 0 saturated carbocycles. The molecule has 0 amide bonds. The molecule has 0 bridgehead atoms. The Labute approximate surface area is 105 Å². The normalized spacial score (nSPS) is 10.7. The Kier molecular flexibility index (Phi) is 2.24. The number of benzene rings is 1. The van der Waals surface area contributed by atoms with Crippen molar-refractivity contribution in [2.75, 3.05) is 0 Å². The standard InChI is InChI=1S/C14H7N2O3/c15-16-12-10(17)6-5-9-11(12)14(19)8-4-2-1-3-7(8)13(9)18/h1-6,15H/q+1. The molecule has 1 aromatic rings. The first-order valence-electron chi connectivity index (χ1n) is 5.55. The summed E-state index contributed by atoms with van der Waals surface area (Å²) >= 11 is 0. The number of nitrogens with zero attached hydrogens (tertiary/aromatic N) is 1. The first kappa shape index (κ1) is 11.2. The molecule has 1 aromatic carbocycles. The lowest BCUT2D eigenvalue weighted by Crippen LogP contribution is -2.33. The van der Waals surface area contributed by atoms with Crippen molar-refractivity contribution in [2.45, 2.75) is 0 Å². The van der Waals surface area contributed by atoms with E-state index in [2.05, 4.69) is 4.79 Å². The zero-order chi connectivity index (χ0) is 13.6.